The van der Waals surface area contributed by atoms with Crippen LogP contribution in [0.4, 0.5) is 0 Å². The van der Waals surface area contributed by atoms with Crippen LogP contribution in [-0.2, 0) is 9.78 Å². The minimum Gasteiger partial charge on any atom is -0.341 e. The first-order chi connectivity index (χ1) is 9.19. The Balaban J connectivity index is 2.75. The summed E-state index contributed by atoms with van der Waals surface area (Å²) in [6, 6.07) is 0. The lowest BCUT2D eigenvalue weighted by molar-refractivity contribution is -0.295. The van der Waals surface area contributed by atoms with E-state index in [1.165, 1.54) is 0 Å². The molecule has 2 atom stereocenters. The molecule has 0 saturated carbocycles. The van der Waals surface area contributed by atoms with E-state index in [0.717, 1.165) is 23.1 Å². The van der Waals surface area contributed by atoms with Crippen molar-refractivity contribution in [3.05, 3.63) is 34.5 Å². The number of alkyl halides is 1. The van der Waals surface area contributed by atoms with E-state index in [9.17, 15) is 0 Å². The predicted octanol–water partition coefficient (Wildman–Crippen LogP) is 4.86. The van der Waals surface area contributed by atoms with Crippen LogP contribution in [0.25, 0.3) is 0 Å². The van der Waals surface area contributed by atoms with Gasteiger partial charge in [0.15, 0.2) is 5.76 Å². The van der Waals surface area contributed by atoms with Gasteiger partial charge < -0.3 is 4.89 Å². The maximum atomic E-state index is 6.30. The molecule has 4 heteroatoms. The van der Waals surface area contributed by atoms with Crippen LogP contribution < -0.4 is 0 Å². The second-order valence-electron chi connectivity index (χ2n) is 4.13. The zero-order chi connectivity index (χ0) is 14.1. The first kappa shape index (κ1) is 16.4. The van der Waals surface area contributed by atoms with Crippen molar-refractivity contribution < 1.29 is 9.78 Å². The van der Waals surface area contributed by atoms with Crippen molar-refractivity contribution in [1.29, 1.82) is 0 Å². The van der Waals surface area contributed by atoms with Gasteiger partial charge in [-0.15, -0.1) is 18.0 Å². The molecule has 0 fully saturated rings. The van der Waals surface area contributed by atoms with Crippen LogP contribution in [0.5, 0.6) is 0 Å². The Morgan fingerprint density at radius 3 is 3.11 bits per heavy atom. The molecule has 0 amide bonds. The molecule has 0 radical (unpaired) electrons. The van der Waals surface area contributed by atoms with Crippen molar-refractivity contribution >= 4 is 27.5 Å². The van der Waals surface area contributed by atoms with Crippen LogP contribution in [0.15, 0.2) is 34.5 Å². The van der Waals surface area contributed by atoms with Crippen LogP contribution in [0.1, 0.15) is 32.6 Å². The molecule has 1 heterocycles. The fourth-order valence-corrected chi connectivity index (χ4v) is 2.07. The minimum absolute atomic E-state index is 0.140. The Morgan fingerprint density at radius 2 is 2.42 bits per heavy atom. The summed E-state index contributed by atoms with van der Waals surface area (Å²) in [5.41, 5.74) is 0. The van der Waals surface area contributed by atoms with Gasteiger partial charge in [-0.25, -0.2) is 0 Å². The maximum absolute atomic E-state index is 6.30. The maximum Gasteiger partial charge on any atom is 0.156 e. The quantitative estimate of drug-likeness (QED) is 0.315. The summed E-state index contributed by atoms with van der Waals surface area (Å²) in [7, 11) is 0. The second kappa shape index (κ2) is 9.25. The van der Waals surface area contributed by atoms with Crippen LogP contribution in [-0.4, -0.2) is 11.5 Å². The molecule has 104 valence electrons. The SMILES string of the molecule is C#CC=CCC1OOC(=C(Br)CC)CC=CCC1Cl. The monoisotopic (exact) mass is 344 g/mol. The summed E-state index contributed by atoms with van der Waals surface area (Å²) in [6.45, 7) is 2.05. The molecule has 0 aliphatic carbocycles. The summed E-state index contributed by atoms with van der Waals surface area (Å²) in [6.07, 6.45) is 15.5. The average molecular weight is 346 g/mol. The highest BCUT2D eigenvalue weighted by molar-refractivity contribution is 9.11. The molecular weight excluding hydrogens is 328 g/mol. The van der Waals surface area contributed by atoms with Crippen molar-refractivity contribution in [2.75, 3.05) is 0 Å². The van der Waals surface area contributed by atoms with Gasteiger partial charge in [-0.2, -0.15) is 4.89 Å². The van der Waals surface area contributed by atoms with E-state index in [-0.39, 0.29) is 11.5 Å². The van der Waals surface area contributed by atoms with Gasteiger partial charge in [-0.1, -0.05) is 47.0 Å². The van der Waals surface area contributed by atoms with E-state index in [0.29, 0.717) is 12.8 Å². The van der Waals surface area contributed by atoms with Gasteiger partial charge in [0.2, 0.25) is 0 Å². The Bertz CT molecular complexity index is 407. The van der Waals surface area contributed by atoms with Crippen molar-refractivity contribution in [3.8, 4) is 12.3 Å². The molecular formula is C15H18BrClO2. The van der Waals surface area contributed by atoms with Gasteiger partial charge in [0.25, 0.3) is 0 Å². The van der Waals surface area contributed by atoms with E-state index in [1.807, 2.05) is 19.1 Å². The lowest BCUT2D eigenvalue weighted by atomic mass is 10.1. The minimum atomic E-state index is -0.221. The number of hydrogen-bond donors (Lipinski definition) is 0. The largest absolute Gasteiger partial charge is 0.341 e. The summed E-state index contributed by atoms with van der Waals surface area (Å²) in [5.74, 6) is 3.24. The Hall–Kier alpha value is -0.690. The highest BCUT2D eigenvalue weighted by Crippen LogP contribution is 2.25. The Morgan fingerprint density at radius 1 is 1.63 bits per heavy atom. The van der Waals surface area contributed by atoms with Crippen LogP contribution >= 0.6 is 27.5 Å². The third kappa shape index (κ3) is 5.86. The summed E-state index contributed by atoms with van der Waals surface area (Å²) >= 11 is 9.79. The molecule has 0 spiro atoms. The number of rotatable bonds is 3. The van der Waals surface area contributed by atoms with E-state index in [1.54, 1.807) is 6.08 Å². The average Bonchev–Trinajstić information content (AvgIpc) is 2.50. The third-order valence-electron chi connectivity index (χ3n) is 2.70. The summed E-state index contributed by atoms with van der Waals surface area (Å²) in [4.78, 5) is 10.9. The van der Waals surface area contributed by atoms with Crippen molar-refractivity contribution in [2.24, 2.45) is 0 Å². The smallest absolute Gasteiger partial charge is 0.156 e. The standard InChI is InChI=1S/C15H18BrClO2/c1-3-5-6-11-15-13(17)9-7-8-10-14(18-19-15)12(16)4-2/h1,5-8,13,15H,4,9-11H2,2H3. The molecule has 0 aromatic heterocycles. The highest BCUT2D eigenvalue weighted by Gasteiger charge is 2.21. The summed E-state index contributed by atoms with van der Waals surface area (Å²) < 4.78 is 1.00. The van der Waals surface area contributed by atoms with Crippen molar-refractivity contribution in [2.45, 2.75) is 44.1 Å². The molecule has 2 unspecified atom stereocenters. The van der Waals surface area contributed by atoms with Gasteiger partial charge >= 0.3 is 0 Å². The molecule has 0 N–H and O–H groups in total. The number of allylic oxidation sites excluding steroid dienone is 4. The molecule has 0 aromatic rings. The Labute approximate surface area is 128 Å². The van der Waals surface area contributed by atoms with E-state index in [2.05, 4.69) is 27.9 Å². The zero-order valence-electron chi connectivity index (χ0n) is 10.9. The molecule has 1 rings (SSSR count). The van der Waals surface area contributed by atoms with Gasteiger partial charge in [-0.05, 0) is 25.3 Å². The van der Waals surface area contributed by atoms with Gasteiger partial charge in [-0.3, -0.25) is 0 Å². The molecule has 0 bridgehead atoms. The van der Waals surface area contributed by atoms with E-state index < -0.39 is 0 Å². The summed E-state index contributed by atoms with van der Waals surface area (Å²) in [5, 5.41) is -0.140. The first-order valence-electron chi connectivity index (χ1n) is 6.30. The lowest BCUT2D eigenvalue weighted by Crippen LogP contribution is -2.23. The molecule has 1 aliphatic heterocycles. The molecule has 19 heavy (non-hydrogen) atoms. The fourth-order valence-electron chi connectivity index (χ4n) is 1.59. The topological polar surface area (TPSA) is 18.5 Å². The van der Waals surface area contributed by atoms with Crippen LogP contribution in [0.3, 0.4) is 0 Å². The van der Waals surface area contributed by atoms with Crippen LogP contribution in [0.2, 0.25) is 0 Å². The highest BCUT2D eigenvalue weighted by atomic mass is 79.9. The van der Waals surface area contributed by atoms with Gasteiger partial charge in [0.1, 0.15) is 6.10 Å². The molecule has 0 saturated heterocycles. The second-order valence-corrected chi connectivity index (χ2v) is 5.65. The number of hydrogen-bond acceptors (Lipinski definition) is 2. The van der Waals surface area contributed by atoms with Crippen LogP contribution in [0, 0.1) is 12.3 Å². The first-order valence-corrected chi connectivity index (χ1v) is 7.53. The fraction of sp³-hybridized carbons (Fsp3) is 0.467. The number of terminal acetylenes is 1. The van der Waals surface area contributed by atoms with Crippen molar-refractivity contribution in [1.82, 2.24) is 0 Å². The normalized spacial score (nSPS) is 27.1. The molecule has 0 aromatic carbocycles. The van der Waals surface area contributed by atoms with Gasteiger partial charge in [0.05, 0.1) is 5.38 Å². The van der Waals surface area contributed by atoms with Gasteiger partial charge in [0, 0.05) is 10.9 Å². The van der Waals surface area contributed by atoms with E-state index in [4.69, 9.17) is 27.8 Å². The van der Waals surface area contributed by atoms with Crippen molar-refractivity contribution in [3.63, 3.8) is 0 Å². The molecule has 2 nitrogen and oxygen atoms in total. The zero-order valence-corrected chi connectivity index (χ0v) is 13.3. The molecule has 1 aliphatic rings. The number of halogens is 2. The third-order valence-corrected chi connectivity index (χ3v) is 4.16. The predicted molar refractivity (Wildman–Crippen MR) is 82.8 cm³/mol. The Kier molecular flexibility index (Phi) is 7.97. The van der Waals surface area contributed by atoms with E-state index >= 15 is 0 Å². The lowest BCUT2D eigenvalue weighted by Gasteiger charge is -2.19.